The number of nitriles is 1. The van der Waals surface area contributed by atoms with Gasteiger partial charge in [-0.15, -0.1) is 0 Å². The molecule has 1 aromatic carbocycles. The Bertz CT molecular complexity index is 469. The lowest BCUT2D eigenvalue weighted by Gasteiger charge is -2.39. The van der Waals surface area contributed by atoms with Gasteiger partial charge in [0.15, 0.2) is 0 Å². The second kappa shape index (κ2) is 5.99. The maximum absolute atomic E-state index is 9.32. The van der Waals surface area contributed by atoms with Gasteiger partial charge in [-0.25, -0.2) is 0 Å². The molecular formula is C14H17BrN2S. The van der Waals surface area contributed by atoms with Gasteiger partial charge in [0.2, 0.25) is 0 Å². The Hall–Kier alpha value is -0.660. The lowest BCUT2D eigenvalue weighted by molar-refractivity contribution is 0.627. The van der Waals surface area contributed by atoms with Gasteiger partial charge in [0.05, 0.1) is 11.3 Å². The predicted octanol–water partition coefficient (Wildman–Crippen LogP) is 3.78. The molecular weight excluding hydrogens is 308 g/mol. The first kappa shape index (κ1) is 13.8. The molecule has 2 unspecified atom stereocenters. The fraction of sp³-hybridized carbons (Fsp3) is 0.500. The molecule has 2 rings (SSSR count). The quantitative estimate of drug-likeness (QED) is 0.774. The van der Waals surface area contributed by atoms with Crippen LogP contribution < -0.4 is 4.90 Å². The van der Waals surface area contributed by atoms with Crippen molar-refractivity contribution in [2.45, 2.75) is 30.5 Å². The maximum Gasteiger partial charge on any atom is 0.101 e. The Morgan fingerprint density at radius 3 is 2.94 bits per heavy atom. The zero-order valence-corrected chi connectivity index (χ0v) is 13.1. The van der Waals surface area contributed by atoms with Crippen molar-refractivity contribution in [1.82, 2.24) is 0 Å². The average molecular weight is 325 g/mol. The van der Waals surface area contributed by atoms with Crippen molar-refractivity contribution in [1.29, 1.82) is 5.26 Å². The zero-order chi connectivity index (χ0) is 13.1. The number of rotatable bonds is 2. The lowest BCUT2D eigenvalue weighted by atomic mass is 10.1. The second-order valence-electron chi connectivity index (χ2n) is 4.61. The van der Waals surface area contributed by atoms with Crippen LogP contribution in [0.1, 0.15) is 25.0 Å². The van der Waals surface area contributed by atoms with Crippen molar-refractivity contribution in [2.75, 3.05) is 17.2 Å². The molecule has 0 aromatic heterocycles. The van der Waals surface area contributed by atoms with Crippen LogP contribution in [0.2, 0.25) is 0 Å². The fourth-order valence-electron chi connectivity index (χ4n) is 2.28. The molecule has 0 radical (unpaired) electrons. The van der Waals surface area contributed by atoms with E-state index >= 15 is 0 Å². The highest BCUT2D eigenvalue weighted by molar-refractivity contribution is 9.08. The monoisotopic (exact) mass is 324 g/mol. The molecule has 1 saturated heterocycles. The smallest absolute Gasteiger partial charge is 0.101 e. The summed E-state index contributed by atoms with van der Waals surface area (Å²) in [6.07, 6.45) is 0. The van der Waals surface area contributed by atoms with Crippen LogP contribution in [0.25, 0.3) is 0 Å². The van der Waals surface area contributed by atoms with E-state index in [1.807, 2.05) is 17.8 Å². The van der Waals surface area contributed by atoms with Crippen LogP contribution >= 0.6 is 27.7 Å². The largest absolute Gasteiger partial charge is 0.366 e. The molecule has 1 heterocycles. The van der Waals surface area contributed by atoms with Gasteiger partial charge >= 0.3 is 0 Å². The van der Waals surface area contributed by atoms with Crippen LogP contribution in [-0.4, -0.2) is 23.6 Å². The molecule has 0 N–H and O–H groups in total. The van der Waals surface area contributed by atoms with E-state index in [4.69, 9.17) is 0 Å². The minimum atomic E-state index is 0.477. The van der Waals surface area contributed by atoms with Crippen molar-refractivity contribution in [3.8, 4) is 6.07 Å². The van der Waals surface area contributed by atoms with Gasteiger partial charge in [-0.2, -0.15) is 17.0 Å². The first-order valence-electron chi connectivity index (χ1n) is 6.14. The SMILES string of the molecule is CC1SCCN(c2ccc(CBr)cc2C#N)C1C. The van der Waals surface area contributed by atoms with Crippen LogP contribution in [0.4, 0.5) is 5.69 Å². The summed E-state index contributed by atoms with van der Waals surface area (Å²) in [4.78, 5) is 2.37. The molecule has 0 saturated carbocycles. The molecule has 2 atom stereocenters. The molecule has 0 aliphatic carbocycles. The van der Waals surface area contributed by atoms with E-state index in [-0.39, 0.29) is 0 Å². The zero-order valence-electron chi connectivity index (χ0n) is 10.7. The Morgan fingerprint density at radius 2 is 2.28 bits per heavy atom. The van der Waals surface area contributed by atoms with Crippen molar-refractivity contribution in [3.05, 3.63) is 29.3 Å². The highest BCUT2D eigenvalue weighted by atomic mass is 79.9. The van der Waals surface area contributed by atoms with E-state index in [2.05, 4.69) is 52.9 Å². The number of nitrogens with zero attached hydrogens (tertiary/aromatic N) is 2. The Labute approximate surface area is 121 Å². The highest BCUT2D eigenvalue weighted by Crippen LogP contribution is 2.31. The number of hydrogen-bond acceptors (Lipinski definition) is 3. The van der Waals surface area contributed by atoms with Crippen molar-refractivity contribution >= 4 is 33.4 Å². The van der Waals surface area contributed by atoms with Gasteiger partial charge in [-0.3, -0.25) is 0 Å². The molecule has 0 spiro atoms. The summed E-state index contributed by atoms with van der Waals surface area (Å²) < 4.78 is 0. The summed E-state index contributed by atoms with van der Waals surface area (Å²) in [7, 11) is 0. The van der Waals surface area contributed by atoms with E-state index in [9.17, 15) is 5.26 Å². The van der Waals surface area contributed by atoms with Gasteiger partial charge in [-0.1, -0.05) is 28.9 Å². The standard InChI is InChI=1S/C14H17BrN2S/c1-10-11(2)18-6-5-17(10)14-4-3-12(8-15)7-13(14)9-16/h3-4,7,10-11H,5-6,8H2,1-2H3. The second-order valence-corrected chi connectivity index (χ2v) is 6.65. The molecule has 18 heavy (non-hydrogen) atoms. The van der Waals surface area contributed by atoms with E-state index in [0.717, 1.165) is 34.4 Å². The summed E-state index contributed by atoms with van der Waals surface area (Å²) >= 11 is 5.45. The van der Waals surface area contributed by atoms with E-state index in [1.165, 1.54) is 0 Å². The molecule has 96 valence electrons. The van der Waals surface area contributed by atoms with Crippen molar-refractivity contribution in [3.63, 3.8) is 0 Å². The van der Waals surface area contributed by atoms with Crippen LogP contribution in [0.3, 0.4) is 0 Å². The third kappa shape index (κ3) is 2.67. The van der Waals surface area contributed by atoms with Crippen LogP contribution in [0.15, 0.2) is 18.2 Å². The lowest BCUT2D eigenvalue weighted by Crippen LogP contribution is -2.45. The highest BCUT2D eigenvalue weighted by Gasteiger charge is 2.26. The molecule has 4 heteroatoms. The summed E-state index contributed by atoms with van der Waals surface area (Å²) in [5.41, 5.74) is 3.03. The summed E-state index contributed by atoms with van der Waals surface area (Å²) in [6.45, 7) is 5.54. The van der Waals surface area contributed by atoms with Gasteiger partial charge < -0.3 is 4.90 Å². The molecule has 1 aromatic rings. The minimum Gasteiger partial charge on any atom is -0.366 e. The third-order valence-corrected chi connectivity index (χ3v) is 5.51. The maximum atomic E-state index is 9.32. The topological polar surface area (TPSA) is 27.0 Å². The summed E-state index contributed by atoms with van der Waals surface area (Å²) in [5.74, 6) is 1.14. The van der Waals surface area contributed by atoms with Crippen LogP contribution in [0.5, 0.6) is 0 Å². The first-order valence-corrected chi connectivity index (χ1v) is 8.31. The number of anilines is 1. The van der Waals surface area contributed by atoms with E-state index in [0.29, 0.717) is 11.3 Å². The van der Waals surface area contributed by atoms with Gasteiger partial charge in [-0.05, 0) is 24.6 Å². The van der Waals surface area contributed by atoms with Crippen molar-refractivity contribution < 1.29 is 0 Å². The number of hydrogen-bond donors (Lipinski definition) is 0. The number of alkyl halides is 1. The van der Waals surface area contributed by atoms with Crippen LogP contribution in [0, 0.1) is 11.3 Å². The molecule has 1 aliphatic rings. The summed E-state index contributed by atoms with van der Waals surface area (Å²) in [6, 6.07) is 8.99. The van der Waals surface area contributed by atoms with Gasteiger partial charge in [0.25, 0.3) is 0 Å². The normalized spacial score (nSPS) is 23.8. The van der Waals surface area contributed by atoms with Crippen molar-refractivity contribution in [2.24, 2.45) is 0 Å². The van der Waals surface area contributed by atoms with E-state index < -0.39 is 0 Å². The van der Waals surface area contributed by atoms with Gasteiger partial charge in [0, 0.05) is 28.9 Å². The molecule has 0 amide bonds. The average Bonchev–Trinajstić information content (AvgIpc) is 2.41. The molecule has 2 nitrogen and oxygen atoms in total. The Balaban J connectivity index is 2.35. The molecule has 0 bridgehead atoms. The van der Waals surface area contributed by atoms with Gasteiger partial charge in [0.1, 0.15) is 6.07 Å². The number of benzene rings is 1. The Kier molecular flexibility index (Phi) is 4.58. The minimum absolute atomic E-state index is 0.477. The predicted molar refractivity (Wildman–Crippen MR) is 82.5 cm³/mol. The molecule has 1 fully saturated rings. The fourth-order valence-corrected chi connectivity index (χ4v) is 3.73. The number of halogens is 1. The molecule has 1 aliphatic heterocycles. The van der Waals surface area contributed by atoms with E-state index in [1.54, 1.807) is 0 Å². The Morgan fingerprint density at radius 1 is 1.50 bits per heavy atom. The number of thioether (sulfide) groups is 1. The van der Waals surface area contributed by atoms with Crippen LogP contribution in [-0.2, 0) is 5.33 Å². The first-order chi connectivity index (χ1) is 8.67. The summed E-state index contributed by atoms with van der Waals surface area (Å²) in [5, 5.41) is 10.7. The third-order valence-electron chi connectivity index (χ3n) is 3.53.